The lowest BCUT2D eigenvalue weighted by Crippen LogP contribution is -2.30. The van der Waals surface area contributed by atoms with Crippen molar-refractivity contribution in [3.05, 3.63) is 0 Å². The molecule has 0 rings (SSSR count). The van der Waals surface area contributed by atoms with Crippen LogP contribution in [0.5, 0.6) is 0 Å². The molecule has 19 heteroatoms. The summed E-state index contributed by atoms with van der Waals surface area (Å²) in [6.07, 6.45) is 45.9. The summed E-state index contributed by atoms with van der Waals surface area (Å²) in [5.41, 5.74) is 0. The summed E-state index contributed by atoms with van der Waals surface area (Å²) >= 11 is 0. The monoisotopic (exact) mass is 1320 g/mol. The number of unbranched alkanes of at least 4 members (excludes halogenated alkanes) is 36. The van der Waals surface area contributed by atoms with Crippen molar-refractivity contribution in [2.45, 2.75) is 375 Å². The Morgan fingerprint density at radius 2 is 0.567 bits per heavy atom. The summed E-state index contributed by atoms with van der Waals surface area (Å²) in [4.78, 5) is 72.5. The molecule has 0 fully saturated rings. The Bertz CT molecular complexity index is 1770. The summed E-state index contributed by atoms with van der Waals surface area (Å²) in [7, 11) is -9.90. The zero-order valence-corrected chi connectivity index (χ0v) is 60.4. The summed E-state index contributed by atoms with van der Waals surface area (Å²) in [5.74, 6) is 0.143. The number of phosphoric ester groups is 2. The number of phosphoric acid groups is 2. The van der Waals surface area contributed by atoms with Crippen LogP contribution in [0.15, 0.2) is 0 Å². The maximum atomic E-state index is 13.0. The Morgan fingerprint density at radius 1 is 0.322 bits per heavy atom. The van der Waals surface area contributed by atoms with Gasteiger partial charge in [0.1, 0.15) is 19.3 Å². The molecular formula is C71H138O17P2. The summed E-state index contributed by atoms with van der Waals surface area (Å²) < 4.78 is 68.3. The van der Waals surface area contributed by atoms with Gasteiger partial charge < -0.3 is 33.8 Å². The predicted molar refractivity (Wildman–Crippen MR) is 363 cm³/mol. The molecule has 534 valence electrons. The third-order valence-corrected chi connectivity index (χ3v) is 18.6. The molecule has 0 aliphatic heterocycles. The summed E-state index contributed by atoms with van der Waals surface area (Å²) in [6.45, 7) is 11.8. The largest absolute Gasteiger partial charge is 0.472 e. The van der Waals surface area contributed by atoms with Gasteiger partial charge >= 0.3 is 39.5 Å². The van der Waals surface area contributed by atoms with Gasteiger partial charge in [-0.25, -0.2) is 9.13 Å². The van der Waals surface area contributed by atoms with Gasteiger partial charge in [-0.15, -0.1) is 0 Å². The first-order valence-corrected chi connectivity index (χ1v) is 39.9. The number of ether oxygens (including phenoxy) is 4. The topological polar surface area (TPSA) is 237 Å². The van der Waals surface area contributed by atoms with Crippen LogP contribution in [-0.2, 0) is 65.4 Å². The van der Waals surface area contributed by atoms with Crippen LogP contribution >= 0.6 is 15.6 Å². The van der Waals surface area contributed by atoms with Gasteiger partial charge in [-0.3, -0.25) is 37.3 Å². The zero-order valence-electron chi connectivity index (χ0n) is 58.6. The first-order chi connectivity index (χ1) is 43.3. The molecule has 6 atom stereocenters. The molecule has 0 aromatic heterocycles. The Hall–Kier alpha value is -1.94. The molecule has 0 bridgehead atoms. The van der Waals surface area contributed by atoms with Crippen LogP contribution in [0, 0.1) is 17.8 Å². The normalized spacial score (nSPS) is 14.5. The molecule has 0 amide bonds. The Kier molecular flexibility index (Phi) is 60.6. The highest BCUT2D eigenvalue weighted by molar-refractivity contribution is 7.47. The molecule has 0 radical (unpaired) electrons. The molecule has 0 saturated carbocycles. The van der Waals surface area contributed by atoms with E-state index in [1.165, 1.54) is 161 Å². The molecule has 90 heavy (non-hydrogen) atoms. The minimum atomic E-state index is -4.95. The maximum Gasteiger partial charge on any atom is 0.472 e. The van der Waals surface area contributed by atoms with Gasteiger partial charge in [0, 0.05) is 25.7 Å². The van der Waals surface area contributed by atoms with Crippen molar-refractivity contribution in [2.24, 2.45) is 17.8 Å². The number of rotatable bonds is 69. The molecule has 0 aliphatic carbocycles. The van der Waals surface area contributed by atoms with Gasteiger partial charge in [0.2, 0.25) is 0 Å². The van der Waals surface area contributed by atoms with Crippen molar-refractivity contribution in [3.63, 3.8) is 0 Å². The molecule has 3 unspecified atom stereocenters. The SMILES string of the molecule is CCCCCCCCCCCCCC(=O)O[C@H](COC(=O)CCCCCCCCC(C)C)COP(=O)(O)OC[C@H](O)COP(=O)(O)OC[C@@H](COC(=O)CCCCCCCCCCCC(C)C)OC(=O)CCCCCCCCCCCCCCCCC(C)CC. The van der Waals surface area contributed by atoms with Crippen LogP contribution in [0.25, 0.3) is 0 Å². The van der Waals surface area contributed by atoms with E-state index in [9.17, 15) is 43.2 Å². The molecule has 0 heterocycles. The highest BCUT2D eigenvalue weighted by Gasteiger charge is 2.30. The molecule has 0 saturated heterocycles. The maximum absolute atomic E-state index is 13.0. The molecule has 0 aliphatic rings. The smallest absolute Gasteiger partial charge is 0.462 e. The van der Waals surface area contributed by atoms with E-state index in [4.69, 9.17) is 37.0 Å². The van der Waals surface area contributed by atoms with E-state index in [2.05, 4.69) is 48.5 Å². The lowest BCUT2D eigenvalue weighted by atomic mass is 9.99. The summed E-state index contributed by atoms with van der Waals surface area (Å²) in [5, 5.41) is 10.6. The van der Waals surface area contributed by atoms with Gasteiger partial charge in [0.25, 0.3) is 0 Å². The van der Waals surface area contributed by atoms with Crippen molar-refractivity contribution in [1.29, 1.82) is 0 Å². The lowest BCUT2D eigenvalue weighted by molar-refractivity contribution is -0.161. The van der Waals surface area contributed by atoms with Crippen LogP contribution in [0.1, 0.15) is 357 Å². The number of carbonyl (C=O) groups is 4. The Labute approximate surface area is 549 Å². The highest BCUT2D eigenvalue weighted by Crippen LogP contribution is 2.45. The van der Waals surface area contributed by atoms with E-state index in [0.717, 1.165) is 108 Å². The zero-order chi connectivity index (χ0) is 66.6. The number of esters is 4. The van der Waals surface area contributed by atoms with Crippen molar-refractivity contribution in [1.82, 2.24) is 0 Å². The van der Waals surface area contributed by atoms with Crippen LogP contribution in [0.3, 0.4) is 0 Å². The van der Waals surface area contributed by atoms with Gasteiger partial charge in [0.05, 0.1) is 26.4 Å². The van der Waals surface area contributed by atoms with Gasteiger partial charge in [-0.05, 0) is 43.4 Å². The number of aliphatic hydroxyl groups excluding tert-OH is 1. The summed E-state index contributed by atoms with van der Waals surface area (Å²) in [6, 6.07) is 0. The van der Waals surface area contributed by atoms with Gasteiger partial charge in [0.15, 0.2) is 12.2 Å². The molecule has 0 aromatic rings. The number of aliphatic hydroxyl groups is 1. The first-order valence-electron chi connectivity index (χ1n) is 36.9. The second-order valence-electron chi connectivity index (χ2n) is 26.8. The van der Waals surface area contributed by atoms with Crippen molar-refractivity contribution >= 4 is 39.5 Å². The molecule has 0 aromatic carbocycles. The third-order valence-electron chi connectivity index (χ3n) is 16.7. The van der Waals surface area contributed by atoms with Crippen LogP contribution in [0.4, 0.5) is 0 Å². The quantitative estimate of drug-likeness (QED) is 0.0222. The van der Waals surface area contributed by atoms with Crippen molar-refractivity contribution in [3.8, 4) is 0 Å². The molecule has 3 N–H and O–H groups in total. The fraction of sp³-hybridized carbons (Fsp3) is 0.944. The van der Waals surface area contributed by atoms with E-state index in [1.807, 2.05) is 0 Å². The van der Waals surface area contributed by atoms with Gasteiger partial charge in [-0.2, -0.15) is 0 Å². The highest BCUT2D eigenvalue weighted by atomic mass is 31.2. The van der Waals surface area contributed by atoms with Crippen LogP contribution < -0.4 is 0 Å². The second-order valence-corrected chi connectivity index (χ2v) is 29.7. The van der Waals surface area contributed by atoms with E-state index in [-0.39, 0.29) is 25.7 Å². The van der Waals surface area contributed by atoms with E-state index in [0.29, 0.717) is 31.6 Å². The molecule has 17 nitrogen and oxygen atoms in total. The average molecular weight is 1330 g/mol. The number of carbonyl (C=O) groups excluding carboxylic acids is 4. The minimum Gasteiger partial charge on any atom is -0.462 e. The lowest BCUT2D eigenvalue weighted by Gasteiger charge is -2.21. The predicted octanol–water partition coefficient (Wildman–Crippen LogP) is 20.2. The van der Waals surface area contributed by atoms with Gasteiger partial charge in [-0.1, -0.05) is 305 Å². The Morgan fingerprint density at radius 3 is 0.844 bits per heavy atom. The molecular weight excluding hydrogens is 1190 g/mol. The van der Waals surface area contributed by atoms with Crippen LogP contribution in [-0.4, -0.2) is 96.7 Å². The van der Waals surface area contributed by atoms with Crippen molar-refractivity contribution < 1.29 is 80.2 Å². The Balaban J connectivity index is 5.22. The van der Waals surface area contributed by atoms with Crippen LogP contribution in [0.2, 0.25) is 0 Å². The fourth-order valence-corrected chi connectivity index (χ4v) is 12.3. The average Bonchev–Trinajstić information content (AvgIpc) is 2.25. The second kappa shape index (κ2) is 61.9. The molecule has 0 spiro atoms. The first kappa shape index (κ1) is 88.1. The fourth-order valence-electron chi connectivity index (χ4n) is 10.7. The van der Waals surface area contributed by atoms with Crippen molar-refractivity contribution in [2.75, 3.05) is 39.6 Å². The van der Waals surface area contributed by atoms with E-state index in [1.54, 1.807) is 0 Å². The third kappa shape index (κ3) is 63.5. The standard InChI is InChI=1S/C71H138O17P2/c1-8-10-11-12-13-14-19-25-31-40-47-54-70(75)88-67(59-82-69(74)53-46-39-34-33-36-43-50-63(5)6)61-86-90(79,80)84-57-65(72)56-83-89(77,78)85-60-66(58-81-68(73)52-45-38-30-27-22-23-28-35-42-49-62(3)4)87-71(76)55-48-41-32-26-21-18-16-15-17-20-24-29-37-44-51-64(7)9-2/h62-67,72H,8-61H2,1-7H3,(H,77,78)(H,79,80)/t64?,65-,66-,67-/m1/s1. The van der Waals surface area contributed by atoms with E-state index >= 15 is 0 Å². The van der Waals surface area contributed by atoms with E-state index < -0.39 is 97.5 Å². The number of hydrogen-bond donors (Lipinski definition) is 3. The minimum absolute atomic E-state index is 0.106. The number of hydrogen-bond acceptors (Lipinski definition) is 15.